The number of aromatic nitrogens is 2. The third kappa shape index (κ3) is 1.13. The van der Waals surface area contributed by atoms with Crippen LogP contribution >= 0.6 is 0 Å². The molecule has 0 aliphatic carbocycles. The van der Waals surface area contributed by atoms with E-state index in [4.69, 9.17) is 0 Å². The van der Waals surface area contributed by atoms with Gasteiger partial charge in [0.15, 0.2) is 5.69 Å². The van der Waals surface area contributed by atoms with E-state index in [0.29, 0.717) is 0 Å². The van der Waals surface area contributed by atoms with Crippen LogP contribution in [0.1, 0.15) is 18.3 Å². The van der Waals surface area contributed by atoms with Crippen molar-refractivity contribution in [1.82, 2.24) is 4.40 Å². The molecule has 2 heteroatoms. The average Bonchev–Trinajstić information content (AvgIpc) is 2.54. The number of aryl methyl sites for hydroxylation is 2. The molecule has 2 nitrogen and oxygen atoms in total. The Morgan fingerprint density at radius 1 is 1.46 bits per heavy atom. The van der Waals surface area contributed by atoms with Crippen LogP contribution in [0.4, 0.5) is 0 Å². The molecule has 0 N–H and O–H groups in total. The lowest BCUT2D eigenvalue weighted by molar-refractivity contribution is -0.684. The fraction of sp³-hybridized carbons (Fsp3) is 0.364. The molecule has 68 valence electrons. The lowest BCUT2D eigenvalue weighted by Gasteiger charge is -2.03. The molecule has 0 spiro atoms. The predicted molar refractivity (Wildman–Crippen MR) is 52.7 cm³/mol. The summed E-state index contributed by atoms with van der Waals surface area (Å²) in [4.78, 5) is 0. The van der Waals surface area contributed by atoms with E-state index >= 15 is 0 Å². The predicted octanol–water partition coefficient (Wildman–Crippen LogP) is 1.63. The monoisotopic (exact) mass is 175 g/mol. The largest absolute Gasteiger partial charge is 0.312 e. The van der Waals surface area contributed by atoms with Gasteiger partial charge in [-0.05, 0) is 12.1 Å². The molecule has 0 saturated carbocycles. The number of fused-ring (bicyclic) bond motifs is 1. The van der Waals surface area contributed by atoms with Gasteiger partial charge in [0.05, 0.1) is 6.20 Å². The summed E-state index contributed by atoms with van der Waals surface area (Å²) in [6, 6.07) is 4.26. The third-order valence-corrected chi connectivity index (χ3v) is 2.67. The van der Waals surface area contributed by atoms with Crippen molar-refractivity contribution in [3.63, 3.8) is 0 Å². The Bertz CT molecular complexity index is 441. The standard InChI is InChI=1S/C11H15N2/c1-4-10-11-6-5-7-13(11)8-9(2)12(10)3/h5-8H,4H2,1-3H3/q+1. The summed E-state index contributed by atoms with van der Waals surface area (Å²) >= 11 is 0. The van der Waals surface area contributed by atoms with Crippen molar-refractivity contribution in [2.45, 2.75) is 20.3 Å². The highest BCUT2D eigenvalue weighted by Gasteiger charge is 2.12. The highest BCUT2D eigenvalue weighted by Crippen LogP contribution is 2.09. The molecule has 0 atom stereocenters. The Hall–Kier alpha value is -1.31. The fourth-order valence-electron chi connectivity index (χ4n) is 1.84. The van der Waals surface area contributed by atoms with Crippen LogP contribution in [0.15, 0.2) is 24.5 Å². The third-order valence-electron chi connectivity index (χ3n) is 2.67. The van der Waals surface area contributed by atoms with Crippen LogP contribution < -0.4 is 4.57 Å². The average molecular weight is 175 g/mol. The van der Waals surface area contributed by atoms with E-state index in [0.717, 1.165) is 6.42 Å². The van der Waals surface area contributed by atoms with Crippen LogP contribution in [0.3, 0.4) is 0 Å². The van der Waals surface area contributed by atoms with E-state index in [1.54, 1.807) is 0 Å². The first-order valence-electron chi connectivity index (χ1n) is 4.69. The van der Waals surface area contributed by atoms with E-state index in [2.05, 4.69) is 54.4 Å². The van der Waals surface area contributed by atoms with Gasteiger partial charge in [-0.1, -0.05) is 6.92 Å². The quantitative estimate of drug-likeness (QED) is 0.582. The van der Waals surface area contributed by atoms with Gasteiger partial charge in [-0.2, -0.15) is 4.57 Å². The van der Waals surface area contributed by atoms with Crippen LogP contribution in [0.5, 0.6) is 0 Å². The summed E-state index contributed by atoms with van der Waals surface area (Å²) in [5, 5.41) is 0. The van der Waals surface area contributed by atoms with Gasteiger partial charge in [0.1, 0.15) is 12.6 Å². The topological polar surface area (TPSA) is 8.29 Å². The maximum Gasteiger partial charge on any atom is 0.205 e. The van der Waals surface area contributed by atoms with Gasteiger partial charge in [-0.25, -0.2) is 0 Å². The highest BCUT2D eigenvalue weighted by atomic mass is 15.0. The van der Waals surface area contributed by atoms with Gasteiger partial charge in [0.25, 0.3) is 0 Å². The van der Waals surface area contributed by atoms with Crippen molar-refractivity contribution in [1.29, 1.82) is 0 Å². The van der Waals surface area contributed by atoms with Crippen molar-refractivity contribution in [2.24, 2.45) is 7.05 Å². The molecule has 2 aromatic rings. The highest BCUT2D eigenvalue weighted by molar-refractivity contribution is 5.50. The molecule has 0 radical (unpaired) electrons. The lowest BCUT2D eigenvalue weighted by Crippen LogP contribution is -2.37. The van der Waals surface area contributed by atoms with Crippen molar-refractivity contribution in [3.05, 3.63) is 35.9 Å². The van der Waals surface area contributed by atoms with E-state index in [1.165, 1.54) is 16.9 Å². The molecule has 0 aliphatic rings. The minimum Gasteiger partial charge on any atom is -0.312 e. The molecule has 0 aliphatic heterocycles. The molecule has 0 unspecified atom stereocenters. The minimum atomic E-state index is 1.08. The van der Waals surface area contributed by atoms with Crippen LogP contribution in [-0.2, 0) is 13.5 Å². The summed E-state index contributed by atoms with van der Waals surface area (Å²) in [6.45, 7) is 4.33. The number of nitrogens with zero attached hydrogens (tertiary/aromatic N) is 2. The van der Waals surface area contributed by atoms with E-state index in [9.17, 15) is 0 Å². The first-order valence-corrected chi connectivity index (χ1v) is 4.69. The summed E-state index contributed by atoms with van der Waals surface area (Å²) in [5.74, 6) is 0. The van der Waals surface area contributed by atoms with Crippen LogP contribution in [0, 0.1) is 6.92 Å². The molecule has 0 saturated heterocycles. The molecule has 2 heterocycles. The molecular formula is C11H15N2+. The van der Waals surface area contributed by atoms with Gasteiger partial charge >= 0.3 is 0 Å². The van der Waals surface area contributed by atoms with Gasteiger partial charge in [-0.15, -0.1) is 0 Å². The minimum absolute atomic E-state index is 1.08. The maximum atomic E-state index is 2.26. The van der Waals surface area contributed by atoms with Crippen molar-refractivity contribution in [2.75, 3.05) is 0 Å². The Morgan fingerprint density at radius 3 is 2.92 bits per heavy atom. The second-order valence-electron chi connectivity index (χ2n) is 3.43. The fourth-order valence-corrected chi connectivity index (χ4v) is 1.84. The number of hydrogen-bond donors (Lipinski definition) is 0. The zero-order valence-electron chi connectivity index (χ0n) is 8.41. The summed E-state index contributed by atoms with van der Waals surface area (Å²) in [5.41, 5.74) is 4.00. The lowest BCUT2D eigenvalue weighted by atomic mass is 10.2. The van der Waals surface area contributed by atoms with E-state index in [1.807, 2.05) is 0 Å². The number of hydrogen-bond acceptors (Lipinski definition) is 0. The molecule has 2 rings (SSSR count). The van der Waals surface area contributed by atoms with Crippen molar-refractivity contribution >= 4 is 5.52 Å². The normalized spacial score (nSPS) is 11.0. The molecule has 13 heavy (non-hydrogen) atoms. The first kappa shape index (κ1) is 8.30. The van der Waals surface area contributed by atoms with E-state index < -0.39 is 0 Å². The van der Waals surface area contributed by atoms with Gasteiger partial charge in [0.2, 0.25) is 5.69 Å². The molecule has 0 amide bonds. The maximum absolute atomic E-state index is 2.26. The zero-order chi connectivity index (χ0) is 9.42. The van der Waals surface area contributed by atoms with Crippen molar-refractivity contribution in [3.8, 4) is 0 Å². The van der Waals surface area contributed by atoms with Crippen LogP contribution in [0.2, 0.25) is 0 Å². The summed E-state index contributed by atoms with van der Waals surface area (Å²) in [7, 11) is 2.13. The van der Waals surface area contributed by atoms with Gasteiger partial charge in [-0.3, -0.25) is 0 Å². The number of rotatable bonds is 1. The molecular weight excluding hydrogens is 160 g/mol. The summed E-state index contributed by atoms with van der Waals surface area (Å²) in [6.07, 6.45) is 5.34. The Labute approximate surface area is 78.4 Å². The van der Waals surface area contributed by atoms with Crippen LogP contribution in [-0.4, -0.2) is 4.40 Å². The van der Waals surface area contributed by atoms with Gasteiger partial charge < -0.3 is 4.40 Å². The second kappa shape index (κ2) is 2.87. The zero-order valence-corrected chi connectivity index (χ0v) is 8.41. The Balaban J connectivity index is 2.87. The smallest absolute Gasteiger partial charge is 0.205 e. The summed E-state index contributed by atoms with van der Waals surface area (Å²) < 4.78 is 4.45. The van der Waals surface area contributed by atoms with Crippen LogP contribution in [0.25, 0.3) is 5.52 Å². The Morgan fingerprint density at radius 2 is 2.23 bits per heavy atom. The van der Waals surface area contributed by atoms with E-state index in [-0.39, 0.29) is 0 Å². The Kier molecular flexibility index (Phi) is 1.83. The molecule has 0 fully saturated rings. The SMILES string of the molecule is CCc1c2cccn2cc(C)[n+]1C. The molecule has 0 bridgehead atoms. The molecule has 0 aromatic carbocycles. The first-order chi connectivity index (χ1) is 6.24. The second-order valence-corrected chi connectivity index (χ2v) is 3.43. The molecule has 2 aromatic heterocycles. The van der Waals surface area contributed by atoms with Gasteiger partial charge in [0, 0.05) is 19.5 Å². The van der Waals surface area contributed by atoms with Crippen molar-refractivity contribution < 1.29 is 4.57 Å².